The Morgan fingerprint density at radius 1 is 1.07 bits per heavy atom. The van der Waals surface area contributed by atoms with Gasteiger partial charge in [0.25, 0.3) is 0 Å². The fraction of sp³-hybridized carbons (Fsp3) is 0.484. The second-order valence-corrected chi connectivity index (χ2v) is 12.4. The van der Waals surface area contributed by atoms with Gasteiger partial charge in [-0.05, 0) is 60.9 Å². The maximum atomic E-state index is 14.4. The van der Waals surface area contributed by atoms with Gasteiger partial charge in [0.1, 0.15) is 12.2 Å². The van der Waals surface area contributed by atoms with Crippen molar-refractivity contribution in [1.29, 1.82) is 0 Å². The highest BCUT2D eigenvalue weighted by atomic mass is 19.4. The molecule has 2 aliphatic heterocycles. The molecule has 3 fully saturated rings. The minimum absolute atomic E-state index is 0.0231. The highest BCUT2D eigenvalue weighted by Gasteiger charge is 2.41. The van der Waals surface area contributed by atoms with Crippen molar-refractivity contribution in [2.45, 2.75) is 69.8 Å². The summed E-state index contributed by atoms with van der Waals surface area (Å²) in [4.78, 5) is 29.8. The van der Waals surface area contributed by atoms with Crippen molar-refractivity contribution in [3.8, 4) is 5.69 Å². The quantitative estimate of drug-likeness (QED) is 0.332. The topological polar surface area (TPSA) is 80.7 Å². The zero-order chi connectivity index (χ0) is 30.0. The number of amides is 1. The van der Waals surface area contributed by atoms with Gasteiger partial charge in [-0.15, -0.1) is 10.2 Å². The van der Waals surface area contributed by atoms with E-state index in [-0.39, 0.29) is 36.0 Å². The Labute approximate surface area is 246 Å². The monoisotopic (exact) mass is 593 g/mol. The van der Waals surface area contributed by atoms with E-state index in [4.69, 9.17) is 0 Å². The van der Waals surface area contributed by atoms with Crippen LogP contribution in [0.5, 0.6) is 0 Å². The molecule has 1 aromatic carbocycles. The third kappa shape index (κ3) is 4.85. The number of hydrogen-bond donors (Lipinski definition) is 0. The van der Waals surface area contributed by atoms with E-state index in [1.807, 2.05) is 34.7 Å². The van der Waals surface area contributed by atoms with E-state index in [1.54, 1.807) is 19.3 Å². The number of halogens is 3. The van der Waals surface area contributed by atoms with Gasteiger partial charge in [-0.3, -0.25) is 18.7 Å². The van der Waals surface area contributed by atoms with Gasteiger partial charge in [0, 0.05) is 64.0 Å². The molecule has 0 radical (unpaired) electrons. The largest absolute Gasteiger partial charge is 0.418 e. The number of aromatic nitrogens is 5. The molecule has 1 amide bonds. The molecule has 0 N–H and O–H groups in total. The fourth-order valence-electron chi connectivity index (χ4n) is 7.48. The van der Waals surface area contributed by atoms with Gasteiger partial charge in [0.2, 0.25) is 5.91 Å². The van der Waals surface area contributed by atoms with Gasteiger partial charge in [0.05, 0.1) is 16.8 Å². The summed E-state index contributed by atoms with van der Waals surface area (Å²) < 4.78 is 47.5. The number of alkyl halides is 3. The summed E-state index contributed by atoms with van der Waals surface area (Å²) in [7, 11) is 1.90. The van der Waals surface area contributed by atoms with Gasteiger partial charge >= 0.3 is 11.9 Å². The molecular weight excluding hydrogens is 559 g/mol. The average Bonchev–Trinajstić information content (AvgIpc) is 3.59. The number of piperazine rings is 1. The van der Waals surface area contributed by atoms with Gasteiger partial charge in [0.15, 0.2) is 0 Å². The van der Waals surface area contributed by atoms with Crippen molar-refractivity contribution in [3.63, 3.8) is 0 Å². The number of carbonyl (C=O) groups is 1. The summed E-state index contributed by atoms with van der Waals surface area (Å²) in [6.45, 7) is 3.05. The van der Waals surface area contributed by atoms with Crippen LogP contribution in [0, 0.1) is 5.92 Å². The van der Waals surface area contributed by atoms with Crippen molar-refractivity contribution in [1.82, 2.24) is 33.5 Å². The van der Waals surface area contributed by atoms with Crippen LogP contribution in [0.4, 0.5) is 13.2 Å². The summed E-state index contributed by atoms with van der Waals surface area (Å²) in [5, 5.41) is 8.43. The maximum absolute atomic E-state index is 14.4. The normalized spacial score (nSPS) is 21.8. The highest BCUT2D eigenvalue weighted by molar-refractivity contribution is 5.74. The molecule has 1 saturated carbocycles. The number of nitrogens with zero attached hydrogens (tertiary/aromatic N) is 7. The Balaban J connectivity index is 1.25. The van der Waals surface area contributed by atoms with E-state index in [9.17, 15) is 22.8 Å². The van der Waals surface area contributed by atoms with Crippen molar-refractivity contribution in [3.05, 3.63) is 82.1 Å². The molecule has 3 aromatic heterocycles. The Kier molecular flexibility index (Phi) is 6.71. The Morgan fingerprint density at radius 3 is 2.42 bits per heavy atom. The minimum atomic E-state index is -4.64. The number of pyridine rings is 1. The third-order valence-electron chi connectivity index (χ3n) is 9.61. The maximum Gasteiger partial charge on any atom is 0.418 e. The molecule has 2 unspecified atom stereocenters. The van der Waals surface area contributed by atoms with Crippen LogP contribution in [0.25, 0.3) is 11.2 Å². The van der Waals surface area contributed by atoms with E-state index >= 15 is 0 Å². The van der Waals surface area contributed by atoms with E-state index in [0.29, 0.717) is 30.3 Å². The lowest BCUT2D eigenvalue weighted by atomic mass is 9.72. The standard InChI is InChI=1S/C31H34F3N7O2/c1-19(42)41-24-9-10-25(41)16-38(15-24)13-20-11-26(31(32,33)34)27-17-39(30(43)40(27)14-20)23-8-4-7-22(12-23)28(21-5-3-6-21)29-36-35-18-37(29)2/h4,7-8,11-12,14,17-18,21,24-25,28H,3,5-6,9-10,13,15-16H2,1-2H3/t24?,25?,28-/m1/s1. The summed E-state index contributed by atoms with van der Waals surface area (Å²) in [5.74, 6) is 1.23. The molecule has 2 bridgehead atoms. The molecule has 3 aliphatic rings. The van der Waals surface area contributed by atoms with Crippen LogP contribution >= 0.6 is 0 Å². The number of aryl methyl sites for hydroxylation is 1. The van der Waals surface area contributed by atoms with Crippen LogP contribution in [0.2, 0.25) is 0 Å². The lowest BCUT2D eigenvalue weighted by molar-refractivity contribution is -0.137. The predicted octanol–water partition coefficient (Wildman–Crippen LogP) is 4.36. The Hall–Kier alpha value is -3.93. The summed E-state index contributed by atoms with van der Waals surface area (Å²) in [6, 6.07) is 8.77. The smallest absolute Gasteiger partial charge is 0.334 e. The number of imidazole rings is 1. The molecule has 4 aromatic rings. The van der Waals surface area contributed by atoms with E-state index in [0.717, 1.165) is 54.0 Å². The molecule has 12 heteroatoms. The first kappa shape index (κ1) is 27.9. The minimum Gasteiger partial charge on any atom is -0.334 e. The average molecular weight is 594 g/mol. The first-order valence-electron chi connectivity index (χ1n) is 14.9. The van der Waals surface area contributed by atoms with Crippen molar-refractivity contribution in [2.75, 3.05) is 13.1 Å². The summed E-state index contributed by atoms with van der Waals surface area (Å²) >= 11 is 0. The predicted molar refractivity (Wildman–Crippen MR) is 153 cm³/mol. The van der Waals surface area contributed by atoms with Crippen molar-refractivity contribution < 1.29 is 18.0 Å². The summed E-state index contributed by atoms with van der Waals surface area (Å²) in [5.41, 5.74) is 0.294. The molecular formula is C31H34F3N7O2. The Bertz CT molecular complexity index is 1740. The lowest BCUT2D eigenvalue weighted by Gasteiger charge is -2.40. The van der Waals surface area contributed by atoms with Crippen LogP contribution in [0.1, 0.15) is 67.5 Å². The highest BCUT2D eigenvalue weighted by Crippen LogP contribution is 2.43. The SMILES string of the molecule is CC(=O)N1C2CCC1CN(Cc1cc(C(F)(F)F)c3cn(-c4cccc([C@H](c5nncn5C)C5CCC5)c4)c(=O)n3c1)C2. The molecule has 9 nitrogen and oxygen atoms in total. The number of hydrogen-bond acceptors (Lipinski definition) is 5. The van der Waals surface area contributed by atoms with Crippen LogP contribution in [-0.2, 0) is 24.6 Å². The van der Waals surface area contributed by atoms with Crippen molar-refractivity contribution >= 4 is 11.4 Å². The van der Waals surface area contributed by atoms with Gasteiger partial charge < -0.3 is 9.47 Å². The zero-order valence-corrected chi connectivity index (χ0v) is 24.2. The molecule has 7 rings (SSSR count). The molecule has 1 aliphatic carbocycles. The van der Waals surface area contributed by atoms with Crippen LogP contribution in [-0.4, -0.2) is 64.6 Å². The first-order valence-corrected chi connectivity index (χ1v) is 14.9. The molecule has 2 saturated heterocycles. The molecule has 226 valence electrons. The lowest BCUT2D eigenvalue weighted by Crippen LogP contribution is -2.54. The molecule has 43 heavy (non-hydrogen) atoms. The second kappa shape index (κ2) is 10.4. The first-order chi connectivity index (χ1) is 20.6. The zero-order valence-electron chi connectivity index (χ0n) is 24.2. The van der Waals surface area contributed by atoms with E-state index < -0.39 is 17.4 Å². The van der Waals surface area contributed by atoms with Crippen LogP contribution in [0.15, 0.2) is 53.8 Å². The Morgan fingerprint density at radius 2 is 1.81 bits per heavy atom. The van der Waals surface area contributed by atoms with E-state index in [2.05, 4.69) is 15.1 Å². The van der Waals surface area contributed by atoms with Gasteiger partial charge in [-0.25, -0.2) is 4.79 Å². The van der Waals surface area contributed by atoms with E-state index in [1.165, 1.54) is 17.0 Å². The summed E-state index contributed by atoms with van der Waals surface area (Å²) in [6.07, 6.45) is 4.89. The number of rotatable bonds is 6. The number of fused-ring (bicyclic) bond motifs is 3. The number of likely N-dealkylation sites (tertiary alicyclic amines) is 1. The molecule has 3 atom stereocenters. The number of benzene rings is 1. The number of carbonyl (C=O) groups excluding carboxylic acids is 1. The van der Waals surface area contributed by atoms with Gasteiger partial charge in [-0.1, -0.05) is 18.6 Å². The fourth-order valence-corrected chi connectivity index (χ4v) is 7.48. The second-order valence-electron chi connectivity index (χ2n) is 12.4. The molecule has 0 spiro atoms. The van der Waals surface area contributed by atoms with Crippen molar-refractivity contribution in [2.24, 2.45) is 13.0 Å². The van der Waals surface area contributed by atoms with Gasteiger partial charge in [-0.2, -0.15) is 13.2 Å². The third-order valence-corrected chi connectivity index (χ3v) is 9.61. The molecule has 5 heterocycles. The van der Waals surface area contributed by atoms with Crippen LogP contribution in [0.3, 0.4) is 0 Å². The van der Waals surface area contributed by atoms with Crippen LogP contribution < -0.4 is 5.69 Å².